The van der Waals surface area contributed by atoms with E-state index in [9.17, 15) is 18.0 Å². The Kier molecular flexibility index (Phi) is 4.45. The van der Waals surface area contributed by atoms with Crippen LogP contribution in [0.5, 0.6) is 0 Å². The number of carbonyl (C=O) groups excluding carboxylic acids is 1. The van der Waals surface area contributed by atoms with Gasteiger partial charge < -0.3 is 5.32 Å². The minimum atomic E-state index is -4.45. The zero-order chi connectivity index (χ0) is 19.0. The minimum Gasteiger partial charge on any atom is -0.321 e. The highest BCUT2D eigenvalue weighted by atomic mass is 32.1. The molecule has 2 heterocycles. The van der Waals surface area contributed by atoms with Crippen molar-refractivity contribution in [1.29, 1.82) is 0 Å². The fourth-order valence-corrected chi connectivity index (χ4v) is 4.44. The molecular weight excluding hydrogens is 393 g/mol. The second-order valence-corrected chi connectivity index (χ2v) is 7.80. The van der Waals surface area contributed by atoms with Gasteiger partial charge in [-0.2, -0.15) is 13.2 Å². The second-order valence-electron chi connectivity index (χ2n) is 5.68. The molecule has 0 bridgehead atoms. The number of rotatable bonds is 3. The molecule has 0 saturated carbocycles. The maximum Gasteiger partial charge on any atom is 0.416 e. The molecule has 2 aromatic heterocycles. The van der Waals surface area contributed by atoms with E-state index in [4.69, 9.17) is 0 Å². The van der Waals surface area contributed by atoms with Crippen molar-refractivity contribution in [3.05, 3.63) is 71.1 Å². The third kappa shape index (κ3) is 3.72. The molecule has 136 valence electrons. The van der Waals surface area contributed by atoms with Crippen molar-refractivity contribution < 1.29 is 18.0 Å². The summed E-state index contributed by atoms with van der Waals surface area (Å²) in [6.45, 7) is 0. The SMILES string of the molecule is O=C(Nc1cccc(C(F)(F)F)c1)c1ccc(-c2nc3ccccc3s2)s1. The number of nitrogens with one attached hydrogen (secondary N) is 1. The van der Waals surface area contributed by atoms with E-state index in [1.54, 1.807) is 12.1 Å². The van der Waals surface area contributed by atoms with Crippen LogP contribution in [0.3, 0.4) is 0 Å². The molecule has 1 N–H and O–H groups in total. The Labute approximate surface area is 160 Å². The molecule has 0 aliphatic heterocycles. The summed E-state index contributed by atoms with van der Waals surface area (Å²) in [4.78, 5) is 18.2. The molecule has 4 rings (SSSR count). The molecule has 0 radical (unpaired) electrons. The molecule has 0 fully saturated rings. The van der Waals surface area contributed by atoms with E-state index >= 15 is 0 Å². The smallest absolute Gasteiger partial charge is 0.321 e. The number of hydrogen-bond donors (Lipinski definition) is 1. The first-order valence-corrected chi connectivity index (χ1v) is 9.48. The number of fused-ring (bicyclic) bond motifs is 1. The number of aromatic nitrogens is 1. The summed E-state index contributed by atoms with van der Waals surface area (Å²) in [5.74, 6) is -0.452. The van der Waals surface area contributed by atoms with E-state index in [1.807, 2.05) is 24.3 Å². The average molecular weight is 404 g/mol. The normalized spacial score (nSPS) is 11.7. The maximum absolute atomic E-state index is 12.8. The number of anilines is 1. The van der Waals surface area contributed by atoms with Gasteiger partial charge in [-0.15, -0.1) is 22.7 Å². The monoisotopic (exact) mass is 404 g/mol. The Bertz CT molecular complexity index is 1100. The fraction of sp³-hybridized carbons (Fsp3) is 0.0526. The van der Waals surface area contributed by atoms with E-state index in [2.05, 4.69) is 10.3 Å². The molecule has 0 aliphatic rings. The van der Waals surface area contributed by atoms with Crippen LogP contribution in [0.2, 0.25) is 0 Å². The van der Waals surface area contributed by atoms with Gasteiger partial charge in [0, 0.05) is 5.69 Å². The number of alkyl halides is 3. The molecule has 1 amide bonds. The molecule has 4 aromatic rings. The lowest BCUT2D eigenvalue weighted by atomic mass is 10.2. The molecule has 0 atom stereocenters. The molecule has 0 unspecified atom stereocenters. The fourth-order valence-electron chi connectivity index (χ4n) is 2.52. The summed E-state index contributed by atoms with van der Waals surface area (Å²) in [6, 6.07) is 15.8. The van der Waals surface area contributed by atoms with Gasteiger partial charge in [0.25, 0.3) is 5.91 Å². The van der Waals surface area contributed by atoms with E-state index in [-0.39, 0.29) is 5.69 Å². The molecule has 8 heteroatoms. The summed E-state index contributed by atoms with van der Waals surface area (Å²) in [6.07, 6.45) is -4.45. The number of hydrogen-bond acceptors (Lipinski definition) is 4. The quantitative estimate of drug-likeness (QED) is 0.436. The van der Waals surface area contributed by atoms with Crippen LogP contribution in [-0.2, 0) is 6.18 Å². The zero-order valence-corrected chi connectivity index (χ0v) is 15.2. The van der Waals surface area contributed by atoms with Gasteiger partial charge in [-0.1, -0.05) is 18.2 Å². The predicted octanol–water partition coefficient (Wildman–Crippen LogP) is 6.30. The molecule has 3 nitrogen and oxygen atoms in total. The first-order valence-electron chi connectivity index (χ1n) is 7.84. The van der Waals surface area contributed by atoms with Gasteiger partial charge in [0.1, 0.15) is 5.01 Å². The standard InChI is InChI=1S/C19H11F3N2OS2/c20-19(21,22)11-4-3-5-12(10-11)23-17(25)15-8-9-16(26-15)18-24-13-6-1-2-7-14(13)27-18/h1-10H,(H,23,25). The van der Waals surface area contributed by atoms with Crippen LogP contribution in [0.1, 0.15) is 15.2 Å². The number of benzene rings is 2. The van der Waals surface area contributed by atoms with E-state index in [0.29, 0.717) is 4.88 Å². The van der Waals surface area contributed by atoms with E-state index in [0.717, 1.165) is 32.2 Å². The highest BCUT2D eigenvalue weighted by Crippen LogP contribution is 2.35. The number of thiophene rings is 1. The van der Waals surface area contributed by atoms with Crippen molar-refractivity contribution in [2.24, 2.45) is 0 Å². The van der Waals surface area contributed by atoms with Crippen molar-refractivity contribution in [3.8, 4) is 9.88 Å². The van der Waals surface area contributed by atoms with Gasteiger partial charge >= 0.3 is 6.18 Å². The van der Waals surface area contributed by atoms with Crippen molar-refractivity contribution in [2.75, 3.05) is 5.32 Å². The number of thiazole rings is 1. The molecular formula is C19H11F3N2OS2. The van der Waals surface area contributed by atoms with Crippen LogP contribution in [0.25, 0.3) is 20.1 Å². The number of para-hydroxylation sites is 1. The van der Waals surface area contributed by atoms with Crippen molar-refractivity contribution >= 4 is 44.5 Å². The summed E-state index contributed by atoms with van der Waals surface area (Å²) < 4.78 is 39.4. The van der Waals surface area contributed by atoms with Crippen molar-refractivity contribution in [3.63, 3.8) is 0 Å². The second kappa shape index (κ2) is 6.79. The Morgan fingerprint density at radius 2 is 1.78 bits per heavy atom. The Morgan fingerprint density at radius 1 is 0.963 bits per heavy atom. The molecule has 0 saturated heterocycles. The third-order valence-electron chi connectivity index (χ3n) is 3.78. The van der Waals surface area contributed by atoms with E-state index < -0.39 is 17.6 Å². The lowest BCUT2D eigenvalue weighted by Gasteiger charge is -2.09. The lowest BCUT2D eigenvalue weighted by molar-refractivity contribution is -0.137. The average Bonchev–Trinajstić information content (AvgIpc) is 3.28. The van der Waals surface area contributed by atoms with Crippen LogP contribution < -0.4 is 5.32 Å². The predicted molar refractivity (Wildman–Crippen MR) is 102 cm³/mol. The Morgan fingerprint density at radius 3 is 2.56 bits per heavy atom. The van der Waals surface area contributed by atoms with Crippen LogP contribution in [0.4, 0.5) is 18.9 Å². The molecule has 0 spiro atoms. The lowest BCUT2D eigenvalue weighted by Crippen LogP contribution is -2.11. The third-order valence-corrected chi connectivity index (χ3v) is 6.07. The summed E-state index contributed by atoms with van der Waals surface area (Å²) in [7, 11) is 0. The largest absolute Gasteiger partial charge is 0.416 e. The number of halogens is 3. The molecule has 2 aromatic carbocycles. The van der Waals surface area contributed by atoms with E-state index in [1.165, 1.54) is 34.8 Å². The summed E-state index contributed by atoms with van der Waals surface area (Å²) >= 11 is 2.78. The van der Waals surface area contributed by atoms with Crippen LogP contribution in [0.15, 0.2) is 60.7 Å². The first-order chi connectivity index (χ1) is 12.9. The number of carbonyl (C=O) groups is 1. The van der Waals surface area contributed by atoms with Crippen molar-refractivity contribution in [1.82, 2.24) is 4.98 Å². The summed E-state index contributed by atoms with van der Waals surface area (Å²) in [5.41, 5.74) is 0.187. The first kappa shape index (κ1) is 17.7. The number of amides is 1. The molecule has 0 aliphatic carbocycles. The summed E-state index contributed by atoms with van der Waals surface area (Å²) in [5, 5.41) is 3.32. The molecule has 27 heavy (non-hydrogen) atoms. The maximum atomic E-state index is 12.8. The highest BCUT2D eigenvalue weighted by molar-refractivity contribution is 7.26. The highest BCUT2D eigenvalue weighted by Gasteiger charge is 2.30. The van der Waals surface area contributed by atoms with Gasteiger partial charge in [0.15, 0.2) is 0 Å². The van der Waals surface area contributed by atoms with Gasteiger partial charge in [-0.05, 0) is 42.5 Å². The van der Waals surface area contributed by atoms with Gasteiger partial charge in [0.2, 0.25) is 0 Å². The van der Waals surface area contributed by atoms with Gasteiger partial charge in [-0.25, -0.2) is 4.98 Å². The Balaban J connectivity index is 1.55. The van der Waals surface area contributed by atoms with Crippen LogP contribution >= 0.6 is 22.7 Å². The van der Waals surface area contributed by atoms with Crippen LogP contribution in [0, 0.1) is 0 Å². The minimum absolute atomic E-state index is 0.102. The van der Waals surface area contributed by atoms with Crippen LogP contribution in [-0.4, -0.2) is 10.9 Å². The topological polar surface area (TPSA) is 42.0 Å². The zero-order valence-electron chi connectivity index (χ0n) is 13.6. The number of nitrogens with zero attached hydrogens (tertiary/aromatic N) is 1. The van der Waals surface area contributed by atoms with Gasteiger partial charge in [0.05, 0.1) is 25.5 Å². The Hall–Kier alpha value is -2.71. The van der Waals surface area contributed by atoms with Crippen molar-refractivity contribution in [2.45, 2.75) is 6.18 Å². The van der Waals surface area contributed by atoms with Gasteiger partial charge in [-0.3, -0.25) is 4.79 Å².